The van der Waals surface area contributed by atoms with E-state index in [1.54, 1.807) is 36.4 Å². The van der Waals surface area contributed by atoms with Gasteiger partial charge in [0.25, 0.3) is 17.7 Å². The van der Waals surface area contributed by atoms with Crippen molar-refractivity contribution in [2.24, 2.45) is 0 Å². The number of amides is 3. The summed E-state index contributed by atoms with van der Waals surface area (Å²) in [6.07, 6.45) is 2.78. The number of methoxy groups -OCH3 is 1. The van der Waals surface area contributed by atoms with Gasteiger partial charge in [0.05, 0.1) is 30.8 Å². The zero-order valence-electron chi connectivity index (χ0n) is 20.4. The maximum absolute atomic E-state index is 12.9. The van der Waals surface area contributed by atoms with Crippen LogP contribution in [-0.4, -0.2) is 42.3 Å². The summed E-state index contributed by atoms with van der Waals surface area (Å²) in [5.41, 5.74) is 3.67. The molecule has 0 radical (unpaired) electrons. The van der Waals surface area contributed by atoms with Crippen molar-refractivity contribution in [3.63, 3.8) is 0 Å². The van der Waals surface area contributed by atoms with E-state index in [0.29, 0.717) is 16.7 Å². The number of hydrogen-bond acceptors (Lipinski definition) is 6. The van der Waals surface area contributed by atoms with Crippen LogP contribution in [0, 0.1) is 0 Å². The Morgan fingerprint density at radius 3 is 2.41 bits per heavy atom. The number of esters is 1. The highest BCUT2D eigenvalue weighted by atomic mass is 16.5. The number of benzene rings is 3. The molecule has 1 heterocycles. The van der Waals surface area contributed by atoms with Crippen molar-refractivity contribution in [2.45, 2.75) is 31.8 Å². The minimum Gasteiger partial charge on any atom is -0.496 e. The number of imide groups is 1. The average Bonchev–Trinajstić information content (AvgIpc) is 3.17. The summed E-state index contributed by atoms with van der Waals surface area (Å²) >= 11 is 0. The van der Waals surface area contributed by atoms with E-state index in [1.165, 1.54) is 18.7 Å². The lowest BCUT2D eigenvalue weighted by atomic mass is 9.88. The second kappa shape index (κ2) is 10.3. The molecule has 0 fully saturated rings. The molecule has 8 nitrogen and oxygen atoms in total. The van der Waals surface area contributed by atoms with Crippen LogP contribution in [0.1, 0.15) is 66.6 Å². The van der Waals surface area contributed by atoms with E-state index in [2.05, 4.69) is 11.4 Å². The van der Waals surface area contributed by atoms with Crippen LogP contribution in [0.25, 0.3) is 0 Å². The minimum absolute atomic E-state index is 0.0157. The maximum Gasteiger partial charge on any atom is 0.342 e. The summed E-state index contributed by atoms with van der Waals surface area (Å²) in [5, 5.41) is 2.96. The number of fused-ring (bicyclic) bond motifs is 2. The van der Waals surface area contributed by atoms with Gasteiger partial charge in [0.1, 0.15) is 11.3 Å². The number of nitrogens with zero attached hydrogens (tertiary/aromatic N) is 1. The fourth-order valence-electron chi connectivity index (χ4n) is 4.93. The molecule has 37 heavy (non-hydrogen) atoms. The fourth-order valence-corrected chi connectivity index (χ4v) is 4.93. The smallest absolute Gasteiger partial charge is 0.342 e. The molecule has 0 unspecified atom stereocenters. The van der Waals surface area contributed by atoms with E-state index < -0.39 is 18.5 Å². The van der Waals surface area contributed by atoms with Gasteiger partial charge in [-0.25, -0.2) is 4.79 Å². The number of nitrogens with one attached hydrogen (secondary N) is 1. The first-order valence-electron chi connectivity index (χ1n) is 12.1. The SMILES string of the molecule is COc1ccc(CN2C(=O)c3ccccc3C2=O)cc1C(=O)OCC(=O)N[C@H]1CCCc2ccccc21. The van der Waals surface area contributed by atoms with Crippen LogP contribution in [0.3, 0.4) is 0 Å². The number of carbonyl (C=O) groups excluding carboxylic acids is 4. The van der Waals surface area contributed by atoms with Gasteiger partial charge in [-0.1, -0.05) is 42.5 Å². The third-order valence-electron chi connectivity index (χ3n) is 6.74. The van der Waals surface area contributed by atoms with Crippen molar-refractivity contribution in [3.05, 3.63) is 100 Å². The third kappa shape index (κ3) is 4.82. The Kier molecular flexibility index (Phi) is 6.72. The average molecular weight is 499 g/mol. The highest BCUT2D eigenvalue weighted by Gasteiger charge is 2.35. The molecule has 3 amide bonds. The Morgan fingerprint density at radius 2 is 1.68 bits per heavy atom. The van der Waals surface area contributed by atoms with Crippen LogP contribution in [0.4, 0.5) is 0 Å². The van der Waals surface area contributed by atoms with Crippen LogP contribution in [0.2, 0.25) is 0 Å². The van der Waals surface area contributed by atoms with Crippen molar-refractivity contribution in [1.29, 1.82) is 0 Å². The molecule has 0 aromatic heterocycles. The van der Waals surface area contributed by atoms with E-state index in [9.17, 15) is 19.2 Å². The number of aryl methyl sites for hydroxylation is 1. The highest BCUT2D eigenvalue weighted by molar-refractivity contribution is 6.21. The standard InChI is InChI=1S/C29H26N2O6/c1-36-25-14-13-18(16-31-27(33)21-10-4-5-11-22(21)28(31)34)15-23(25)29(35)37-17-26(32)30-24-12-6-8-19-7-2-3-9-20(19)24/h2-5,7,9-11,13-15,24H,6,8,12,16-17H2,1H3,(H,30,32)/t24-/m0/s1. The van der Waals surface area contributed by atoms with Gasteiger partial charge in [-0.2, -0.15) is 0 Å². The molecular weight excluding hydrogens is 472 g/mol. The predicted octanol–water partition coefficient (Wildman–Crippen LogP) is 3.84. The minimum atomic E-state index is -0.736. The second-order valence-electron chi connectivity index (χ2n) is 9.06. The van der Waals surface area contributed by atoms with Gasteiger partial charge in [-0.05, 0) is 60.2 Å². The molecule has 3 aromatic rings. The largest absolute Gasteiger partial charge is 0.496 e. The fraction of sp³-hybridized carbons (Fsp3) is 0.241. The van der Waals surface area contributed by atoms with Gasteiger partial charge in [0.15, 0.2) is 6.61 Å². The molecule has 1 atom stereocenters. The van der Waals surface area contributed by atoms with Gasteiger partial charge in [0, 0.05) is 0 Å². The Hall–Kier alpha value is -4.46. The van der Waals surface area contributed by atoms with Gasteiger partial charge in [0.2, 0.25) is 0 Å². The Labute approximate surface area is 214 Å². The third-order valence-corrected chi connectivity index (χ3v) is 6.74. The molecule has 1 aliphatic carbocycles. The van der Waals surface area contributed by atoms with E-state index >= 15 is 0 Å². The molecule has 8 heteroatoms. The Morgan fingerprint density at radius 1 is 0.973 bits per heavy atom. The Balaban J connectivity index is 1.25. The maximum atomic E-state index is 12.9. The van der Waals surface area contributed by atoms with Crippen LogP contribution in [0.5, 0.6) is 5.75 Å². The summed E-state index contributed by atoms with van der Waals surface area (Å²) in [6.45, 7) is -0.457. The molecule has 5 rings (SSSR count). The van der Waals surface area contributed by atoms with Gasteiger partial charge >= 0.3 is 5.97 Å². The quantitative estimate of drug-likeness (QED) is 0.392. The molecular formula is C29H26N2O6. The summed E-state index contributed by atoms with van der Waals surface area (Å²) < 4.78 is 10.6. The molecule has 0 saturated heterocycles. The molecule has 0 bridgehead atoms. The summed E-state index contributed by atoms with van der Waals surface area (Å²) in [5.74, 6) is -1.64. The van der Waals surface area contributed by atoms with E-state index in [1.807, 2.05) is 18.2 Å². The lowest BCUT2D eigenvalue weighted by molar-refractivity contribution is -0.125. The van der Waals surface area contributed by atoms with Crippen LogP contribution in [0.15, 0.2) is 66.7 Å². The van der Waals surface area contributed by atoms with Crippen LogP contribution < -0.4 is 10.1 Å². The summed E-state index contributed by atoms with van der Waals surface area (Å²) in [7, 11) is 1.42. The number of hydrogen-bond donors (Lipinski definition) is 1. The molecule has 0 spiro atoms. The molecule has 3 aromatic carbocycles. The van der Waals surface area contributed by atoms with Crippen molar-refractivity contribution in [2.75, 3.05) is 13.7 Å². The number of carbonyl (C=O) groups is 4. The normalized spacial score (nSPS) is 16.1. The predicted molar refractivity (Wildman–Crippen MR) is 134 cm³/mol. The van der Waals surface area contributed by atoms with E-state index in [-0.39, 0.29) is 35.7 Å². The monoisotopic (exact) mass is 498 g/mol. The van der Waals surface area contributed by atoms with Crippen molar-refractivity contribution < 1.29 is 28.7 Å². The highest BCUT2D eigenvalue weighted by Crippen LogP contribution is 2.30. The molecule has 0 saturated carbocycles. The summed E-state index contributed by atoms with van der Waals surface area (Å²) in [4.78, 5) is 52.0. The lowest BCUT2D eigenvalue weighted by Gasteiger charge is -2.26. The first-order valence-corrected chi connectivity index (χ1v) is 12.1. The molecule has 2 aliphatic rings. The first kappa shape index (κ1) is 24.2. The van der Waals surface area contributed by atoms with Gasteiger partial charge in [-0.3, -0.25) is 19.3 Å². The number of ether oxygens (including phenoxy) is 2. The van der Waals surface area contributed by atoms with Crippen molar-refractivity contribution >= 4 is 23.7 Å². The topological polar surface area (TPSA) is 102 Å². The zero-order valence-corrected chi connectivity index (χ0v) is 20.4. The Bertz CT molecular complexity index is 1360. The summed E-state index contributed by atoms with van der Waals surface area (Å²) in [6, 6.07) is 19.3. The van der Waals surface area contributed by atoms with Crippen LogP contribution >= 0.6 is 0 Å². The van der Waals surface area contributed by atoms with E-state index in [4.69, 9.17) is 9.47 Å². The number of rotatable bonds is 7. The van der Waals surface area contributed by atoms with Crippen molar-refractivity contribution in [1.82, 2.24) is 10.2 Å². The van der Waals surface area contributed by atoms with Crippen LogP contribution in [-0.2, 0) is 22.5 Å². The van der Waals surface area contributed by atoms with Crippen molar-refractivity contribution in [3.8, 4) is 5.75 Å². The van der Waals surface area contributed by atoms with Gasteiger partial charge < -0.3 is 14.8 Å². The van der Waals surface area contributed by atoms with Gasteiger partial charge in [-0.15, -0.1) is 0 Å². The molecule has 188 valence electrons. The second-order valence-corrected chi connectivity index (χ2v) is 9.06. The zero-order chi connectivity index (χ0) is 25.9. The lowest BCUT2D eigenvalue weighted by Crippen LogP contribution is -2.34. The molecule has 1 aliphatic heterocycles. The first-order chi connectivity index (χ1) is 18.0. The van der Waals surface area contributed by atoms with E-state index in [0.717, 1.165) is 29.7 Å². The molecule has 1 N–H and O–H groups in total.